The molecule has 0 amide bonds. The van der Waals surface area contributed by atoms with Crippen molar-refractivity contribution < 1.29 is 24.0 Å². The molecular formula is C20H16N2O5. The van der Waals surface area contributed by atoms with Gasteiger partial charge in [0.1, 0.15) is 0 Å². The maximum absolute atomic E-state index is 12.5. The molecule has 2 aromatic carbocycles. The first-order chi connectivity index (χ1) is 12.9. The molecule has 0 saturated carbocycles. The van der Waals surface area contributed by atoms with Crippen LogP contribution in [0.3, 0.4) is 0 Å². The van der Waals surface area contributed by atoms with E-state index in [4.69, 9.17) is 4.74 Å². The number of benzene rings is 2. The average Bonchev–Trinajstić information content (AvgIpc) is 3.13. The molecule has 7 nitrogen and oxygen atoms in total. The fourth-order valence-electron chi connectivity index (χ4n) is 3.43. The van der Waals surface area contributed by atoms with Gasteiger partial charge < -0.3 is 14.1 Å². The van der Waals surface area contributed by atoms with Gasteiger partial charge in [-0.15, -0.1) is 0 Å². The Kier molecular flexibility index (Phi) is 3.80. The Morgan fingerprint density at radius 2 is 1.89 bits per heavy atom. The number of carbonyl (C=O) groups is 3. The van der Waals surface area contributed by atoms with E-state index in [9.17, 15) is 14.4 Å². The highest BCUT2D eigenvalue weighted by atomic mass is 16.7. The number of hydrogen-bond donors (Lipinski definition) is 0. The zero-order valence-electron chi connectivity index (χ0n) is 15.0. The lowest BCUT2D eigenvalue weighted by atomic mass is 10.0. The Morgan fingerprint density at radius 1 is 1.15 bits per heavy atom. The smallest absolute Gasteiger partial charge is 0.332 e. The van der Waals surface area contributed by atoms with E-state index in [1.807, 2.05) is 25.1 Å². The zero-order valence-corrected chi connectivity index (χ0v) is 15.0. The summed E-state index contributed by atoms with van der Waals surface area (Å²) in [5.74, 6) is -1.06. The first kappa shape index (κ1) is 17.0. The predicted molar refractivity (Wildman–Crippen MR) is 99.3 cm³/mol. The largest absolute Gasteiger partial charge is 0.432 e. The first-order valence-corrected chi connectivity index (χ1v) is 8.50. The minimum Gasteiger partial charge on any atom is -0.432 e. The number of nitrogens with zero attached hydrogens (tertiary/aromatic N) is 2. The normalized spacial score (nSPS) is 14.6. The van der Waals surface area contributed by atoms with Gasteiger partial charge in [-0.3, -0.25) is 9.59 Å². The number of fused-ring (bicyclic) bond motifs is 5. The Morgan fingerprint density at radius 3 is 2.56 bits per heavy atom. The summed E-state index contributed by atoms with van der Waals surface area (Å²) in [7, 11) is 0. The van der Waals surface area contributed by atoms with Gasteiger partial charge in [0.2, 0.25) is 0 Å². The van der Waals surface area contributed by atoms with Crippen LogP contribution in [0.2, 0.25) is 0 Å². The van der Waals surface area contributed by atoms with Crippen LogP contribution in [0.5, 0.6) is 5.75 Å². The van der Waals surface area contributed by atoms with E-state index < -0.39 is 11.8 Å². The molecule has 0 saturated heterocycles. The van der Waals surface area contributed by atoms with E-state index in [0.29, 0.717) is 23.4 Å². The molecule has 1 aliphatic heterocycles. The topological polar surface area (TPSA) is 87.0 Å². The number of ketones is 2. The summed E-state index contributed by atoms with van der Waals surface area (Å²) in [6.45, 7) is 5.42. The van der Waals surface area contributed by atoms with Gasteiger partial charge in [-0.2, -0.15) is 0 Å². The van der Waals surface area contributed by atoms with Crippen LogP contribution in [0.25, 0.3) is 21.8 Å². The fourth-order valence-corrected chi connectivity index (χ4v) is 3.43. The SMILES string of the molecule is CCn1c2ccc(C(C)=O)cc2c2c3c(ccc21)C(=O)/C(=N/OC(C)=O)O3. The van der Waals surface area contributed by atoms with Crippen LogP contribution in [-0.4, -0.2) is 28.0 Å². The van der Waals surface area contributed by atoms with Crippen LogP contribution < -0.4 is 4.74 Å². The molecule has 1 aromatic heterocycles. The molecule has 0 bridgehead atoms. The molecule has 0 spiro atoms. The number of ether oxygens (including phenoxy) is 1. The molecule has 3 aromatic rings. The highest BCUT2D eigenvalue weighted by Crippen LogP contribution is 2.41. The lowest BCUT2D eigenvalue weighted by Crippen LogP contribution is -2.13. The minimum atomic E-state index is -0.645. The van der Waals surface area contributed by atoms with E-state index in [1.165, 1.54) is 13.8 Å². The molecule has 0 fully saturated rings. The van der Waals surface area contributed by atoms with Crippen LogP contribution in [0, 0.1) is 0 Å². The summed E-state index contributed by atoms with van der Waals surface area (Å²) in [4.78, 5) is 39.9. The van der Waals surface area contributed by atoms with Gasteiger partial charge in [0.05, 0.1) is 16.5 Å². The van der Waals surface area contributed by atoms with Crippen LogP contribution in [0.1, 0.15) is 41.5 Å². The van der Waals surface area contributed by atoms with E-state index in [0.717, 1.165) is 21.8 Å². The quantitative estimate of drug-likeness (QED) is 0.403. The molecular weight excluding hydrogens is 348 g/mol. The zero-order chi connectivity index (χ0) is 19.3. The number of carbonyl (C=O) groups excluding carboxylic acids is 3. The Labute approximate surface area is 154 Å². The van der Waals surface area contributed by atoms with E-state index in [1.54, 1.807) is 12.1 Å². The van der Waals surface area contributed by atoms with Crippen LogP contribution in [0.15, 0.2) is 35.5 Å². The highest BCUT2D eigenvalue weighted by Gasteiger charge is 2.33. The monoisotopic (exact) mass is 364 g/mol. The van der Waals surface area contributed by atoms with Crippen molar-refractivity contribution in [3.63, 3.8) is 0 Å². The predicted octanol–water partition coefficient (Wildman–Crippen LogP) is 3.47. The van der Waals surface area contributed by atoms with Crippen LogP contribution in [0.4, 0.5) is 0 Å². The molecule has 0 atom stereocenters. The third-order valence-electron chi connectivity index (χ3n) is 4.60. The van der Waals surface area contributed by atoms with Gasteiger partial charge in [-0.1, -0.05) is 0 Å². The Hall–Kier alpha value is -3.48. The summed E-state index contributed by atoms with van der Waals surface area (Å²) in [6, 6.07) is 9.01. The molecule has 4 rings (SSSR count). The molecule has 136 valence electrons. The first-order valence-electron chi connectivity index (χ1n) is 8.50. The maximum Gasteiger partial charge on any atom is 0.332 e. The van der Waals surface area contributed by atoms with Gasteiger partial charge in [0.15, 0.2) is 11.5 Å². The van der Waals surface area contributed by atoms with E-state index in [-0.39, 0.29) is 11.7 Å². The van der Waals surface area contributed by atoms with Crippen molar-refractivity contribution in [2.24, 2.45) is 5.16 Å². The molecule has 0 unspecified atom stereocenters. The summed E-state index contributed by atoms with van der Waals surface area (Å²) in [5.41, 5.74) is 2.74. The summed E-state index contributed by atoms with van der Waals surface area (Å²) < 4.78 is 7.76. The van der Waals surface area contributed by atoms with Gasteiger partial charge in [0, 0.05) is 29.9 Å². The molecule has 2 heterocycles. The molecule has 0 N–H and O–H groups in total. The standard InChI is InChI=1S/C20H16N2O5/c1-4-22-15-7-5-12(10(2)23)9-14(15)17-16(22)8-6-13-18(25)20(26-19(13)17)21-27-11(3)24/h5-9H,4H2,1-3H3/b21-20-. The van der Waals surface area contributed by atoms with Crippen LogP contribution >= 0.6 is 0 Å². The van der Waals surface area contributed by atoms with Crippen molar-refractivity contribution in [1.29, 1.82) is 0 Å². The maximum atomic E-state index is 12.5. The van der Waals surface area contributed by atoms with Crippen molar-refractivity contribution in [1.82, 2.24) is 4.57 Å². The van der Waals surface area contributed by atoms with E-state index in [2.05, 4.69) is 14.6 Å². The minimum absolute atomic E-state index is 0.0454. The summed E-state index contributed by atoms with van der Waals surface area (Å²) in [6.07, 6.45) is 0. The van der Waals surface area contributed by atoms with Crippen molar-refractivity contribution >= 4 is 45.2 Å². The third-order valence-corrected chi connectivity index (χ3v) is 4.60. The van der Waals surface area contributed by atoms with Crippen molar-refractivity contribution in [2.45, 2.75) is 27.3 Å². The highest BCUT2D eigenvalue weighted by molar-refractivity contribution is 6.47. The summed E-state index contributed by atoms with van der Waals surface area (Å²) in [5, 5.41) is 5.06. The van der Waals surface area contributed by atoms with Crippen LogP contribution in [-0.2, 0) is 16.2 Å². The van der Waals surface area contributed by atoms with Gasteiger partial charge in [-0.05, 0) is 49.3 Å². The molecule has 0 aliphatic carbocycles. The van der Waals surface area contributed by atoms with Gasteiger partial charge in [-0.25, -0.2) is 4.79 Å². The van der Waals surface area contributed by atoms with Gasteiger partial charge >= 0.3 is 11.9 Å². The average molecular weight is 364 g/mol. The van der Waals surface area contributed by atoms with Crippen molar-refractivity contribution in [3.8, 4) is 5.75 Å². The number of aryl methyl sites for hydroxylation is 1. The molecule has 27 heavy (non-hydrogen) atoms. The lowest BCUT2D eigenvalue weighted by Gasteiger charge is -2.03. The second-order valence-corrected chi connectivity index (χ2v) is 6.28. The number of oxime groups is 1. The lowest BCUT2D eigenvalue weighted by molar-refractivity contribution is -0.141. The van der Waals surface area contributed by atoms with Gasteiger partial charge in [0.25, 0.3) is 5.78 Å². The Bertz CT molecular complexity index is 1190. The van der Waals surface area contributed by atoms with Crippen molar-refractivity contribution in [3.05, 3.63) is 41.5 Å². The number of aromatic nitrogens is 1. The van der Waals surface area contributed by atoms with Crippen molar-refractivity contribution in [2.75, 3.05) is 0 Å². The fraction of sp³-hybridized carbons (Fsp3) is 0.200. The number of rotatable bonds is 3. The van der Waals surface area contributed by atoms with E-state index >= 15 is 0 Å². The second-order valence-electron chi connectivity index (χ2n) is 6.28. The second kappa shape index (κ2) is 6.05. The molecule has 7 heteroatoms. The molecule has 1 aliphatic rings. The Balaban J connectivity index is 2.02. The number of hydrogen-bond acceptors (Lipinski definition) is 6. The molecule has 0 radical (unpaired) electrons. The number of Topliss-reactive ketones (excluding diaryl/α,β-unsaturated/α-hetero) is 2. The third kappa shape index (κ3) is 2.51. The summed E-state index contributed by atoms with van der Waals surface area (Å²) >= 11 is 0.